The number of rotatable bonds is 6. The Kier molecular flexibility index (Phi) is 4.90. The van der Waals surface area contributed by atoms with Gasteiger partial charge in [-0.1, -0.05) is 30.3 Å². The van der Waals surface area contributed by atoms with Crippen molar-refractivity contribution in [3.63, 3.8) is 0 Å². The van der Waals surface area contributed by atoms with E-state index in [0.29, 0.717) is 17.7 Å². The van der Waals surface area contributed by atoms with E-state index in [1.165, 1.54) is 19.2 Å². The largest absolute Gasteiger partial charge is 0.394 e. The molecular formula is C16H18N2O3. The smallest absolute Gasteiger partial charge is 0.268 e. The minimum Gasteiger partial charge on any atom is -0.394 e. The lowest BCUT2D eigenvalue weighted by molar-refractivity contribution is 0.0912. The number of nitrogens with one attached hydrogen (secondary N) is 2. The first-order valence-electron chi connectivity index (χ1n) is 6.75. The van der Waals surface area contributed by atoms with Crippen LogP contribution >= 0.6 is 0 Å². The summed E-state index contributed by atoms with van der Waals surface area (Å²) in [6.45, 7) is 1.29. The number of aliphatic hydroxyl groups is 1. The van der Waals surface area contributed by atoms with Crippen molar-refractivity contribution >= 4 is 11.7 Å². The maximum Gasteiger partial charge on any atom is 0.268 e. The molecule has 0 aliphatic heterocycles. The summed E-state index contributed by atoms with van der Waals surface area (Å²) in [6.07, 6.45) is 2.05. The molecule has 0 bridgehead atoms. The van der Waals surface area contributed by atoms with Crippen molar-refractivity contribution in [2.24, 2.45) is 0 Å². The molecule has 0 spiro atoms. The van der Waals surface area contributed by atoms with Gasteiger partial charge in [0.2, 0.25) is 0 Å². The van der Waals surface area contributed by atoms with E-state index in [-0.39, 0.29) is 24.3 Å². The quantitative estimate of drug-likeness (QED) is 0.705. The van der Waals surface area contributed by atoms with E-state index in [1.54, 1.807) is 0 Å². The zero-order chi connectivity index (χ0) is 15.2. The molecule has 0 aliphatic carbocycles. The van der Waals surface area contributed by atoms with Gasteiger partial charge in [0.25, 0.3) is 5.91 Å². The number of carbonyl (C=O) groups excluding carboxylic acids is 2. The number of hydrogen-bond donors (Lipinski definition) is 3. The summed E-state index contributed by atoms with van der Waals surface area (Å²) in [5.41, 5.74) is 1.81. The Morgan fingerprint density at radius 3 is 2.57 bits per heavy atom. The maximum absolute atomic E-state index is 12.1. The van der Waals surface area contributed by atoms with E-state index in [1.807, 2.05) is 30.3 Å². The molecule has 3 N–H and O–H groups in total. The monoisotopic (exact) mass is 286 g/mol. The first-order valence-corrected chi connectivity index (χ1v) is 6.75. The van der Waals surface area contributed by atoms with Crippen LogP contribution < -0.4 is 5.32 Å². The second kappa shape index (κ2) is 6.85. The van der Waals surface area contributed by atoms with Gasteiger partial charge in [-0.3, -0.25) is 9.59 Å². The van der Waals surface area contributed by atoms with E-state index in [0.717, 1.165) is 5.56 Å². The van der Waals surface area contributed by atoms with Crippen molar-refractivity contribution in [3.05, 3.63) is 59.4 Å². The first kappa shape index (κ1) is 15.0. The maximum atomic E-state index is 12.1. The fourth-order valence-electron chi connectivity index (χ4n) is 2.05. The summed E-state index contributed by atoms with van der Waals surface area (Å²) in [5, 5.41) is 12.1. The van der Waals surface area contributed by atoms with Crippen molar-refractivity contribution in [1.29, 1.82) is 0 Å². The average Bonchev–Trinajstić information content (AvgIpc) is 2.97. The van der Waals surface area contributed by atoms with Crippen LogP contribution in [-0.2, 0) is 6.42 Å². The topological polar surface area (TPSA) is 82.2 Å². The third kappa shape index (κ3) is 4.03. The summed E-state index contributed by atoms with van der Waals surface area (Å²) >= 11 is 0. The molecule has 2 aromatic rings. The van der Waals surface area contributed by atoms with Gasteiger partial charge in [-0.15, -0.1) is 0 Å². The predicted molar refractivity (Wildman–Crippen MR) is 79.3 cm³/mol. The molecule has 1 heterocycles. The van der Waals surface area contributed by atoms with Gasteiger partial charge in [0.05, 0.1) is 12.6 Å². The Hall–Kier alpha value is -2.40. The Morgan fingerprint density at radius 2 is 2.00 bits per heavy atom. The molecule has 1 aromatic carbocycles. The van der Waals surface area contributed by atoms with Gasteiger partial charge in [-0.25, -0.2) is 0 Å². The molecule has 0 saturated carbocycles. The lowest BCUT2D eigenvalue weighted by Crippen LogP contribution is -2.39. The number of carbonyl (C=O) groups is 2. The van der Waals surface area contributed by atoms with Crippen molar-refractivity contribution < 1.29 is 14.7 Å². The summed E-state index contributed by atoms with van der Waals surface area (Å²) in [7, 11) is 0. The fraction of sp³-hybridized carbons (Fsp3) is 0.250. The van der Waals surface area contributed by atoms with E-state index in [2.05, 4.69) is 10.3 Å². The number of hydrogen-bond acceptors (Lipinski definition) is 3. The lowest BCUT2D eigenvalue weighted by atomic mass is 10.1. The zero-order valence-corrected chi connectivity index (χ0v) is 11.8. The number of H-pyrrole nitrogens is 1. The number of ketones is 1. The van der Waals surface area contributed by atoms with Crippen LogP contribution in [0.15, 0.2) is 42.6 Å². The van der Waals surface area contributed by atoms with Crippen molar-refractivity contribution in [2.75, 3.05) is 6.61 Å². The van der Waals surface area contributed by atoms with Crippen LogP contribution in [0.2, 0.25) is 0 Å². The standard InChI is InChI=1S/C16H18N2O3/c1-11(20)13-8-15(17-9-13)16(21)18-14(10-19)7-12-5-3-2-4-6-12/h2-6,8-9,14,17,19H,7,10H2,1H3,(H,18,21)/t14-/m0/s1. The van der Waals surface area contributed by atoms with Gasteiger partial charge in [-0.05, 0) is 25.0 Å². The van der Waals surface area contributed by atoms with Crippen LogP contribution in [0.3, 0.4) is 0 Å². The summed E-state index contributed by atoms with van der Waals surface area (Å²) in [4.78, 5) is 26.1. The molecule has 5 heteroatoms. The second-order valence-electron chi connectivity index (χ2n) is 4.90. The highest BCUT2D eigenvalue weighted by Gasteiger charge is 2.15. The van der Waals surface area contributed by atoms with E-state index >= 15 is 0 Å². The van der Waals surface area contributed by atoms with Crippen molar-refractivity contribution in [1.82, 2.24) is 10.3 Å². The molecule has 1 atom stereocenters. The SMILES string of the molecule is CC(=O)c1c[nH]c(C(=O)N[C@H](CO)Cc2ccccc2)c1. The average molecular weight is 286 g/mol. The van der Waals surface area contributed by atoms with Crippen LogP contribution in [0.25, 0.3) is 0 Å². The van der Waals surface area contributed by atoms with Gasteiger partial charge >= 0.3 is 0 Å². The van der Waals surface area contributed by atoms with Crippen molar-refractivity contribution in [3.8, 4) is 0 Å². The third-order valence-corrected chi connectivity index (χ3v) is 3.21. The Balaban J connectivity index is 2.00. The van der Waals surface area contributed by atoms with Gasteiger partial charge in [0.1, 0.15) is 5.69 Å². The first-order chi connectivity index (χ1) is 10.1. The number of Topliss-reactive ketones (excluding diaryl/α,β-unsaturated/α-hetero) is 1. The number of aromatic amines is 1. The fourth-order valence-corrected chi connectivity index (χ4v) is 2.05. The molecule has 0 aliphatic rings. The minimum absolute atomic E-state index is 0.103. The Morgan fingerprint density at radius 1 is 1.29 bits per heavy atom. The highest BCUT2D eigenvalue weighted by molar-refractivity contribution is 5.99. The summed E-state index contributed by atoms with van der Waals surface area (Å²) in [5.74, 6) is -0.439. The normalized spacial score (nSPS) is 11.9. The van der Waals surface area contributed by atoms with E-state index in [4.69, 9.17) is 0 Å². The predicted octanol–water partition coefficient (Wildman–Crippen LogP) is 1.55. The molecule has 0 unspecified atom stereocenters. The van der Waals surface area contributed by atoms with Gasteiger partial charge < -0.3 is 15.4 Å². The third-order valence-electron chi connectivity index (χ3n) is 3.21. The molecule has 5 nitrogen and oxygen atoms in total. The zero-order valence-electron chi connectivity index (χ0n) is 11.8. The molecule has 1 aromatic heterocycles. The van der Waals surface area contributed by atoms with Gasteiger partial charge in [0, 0.05) is 11.8 Å². The lowest BCUT2D eigenvalue weighted by Gasteiger charge is -2.15. The number of aromatic nitrogens is 1. The highest BCUT2D eigenvalue weighted by atomic mass is 16.3. The molecule has 110 valence electrons. The number of aliphatic hydroxyl groups excluding tert-OH is 1. The highest BCUT2D eigenvalue weighted by Crippen LogP contribution is 2.07. The minimum atomic E-state index is -0.371. The Labute approximate surface area is 123 Å². The number of amides is 1. The van der Waals surface area contributed by atoms with Crippen LogP contribution in [0.1, 0.15) is 33.3 Å². The van der Waals surface area contributed by atoms with Crippen LogP contribution in [-0.4, -0.2) is 34.4 Å². The molecule has 2 rings (SSSR count). The summed E-state index contributed by atoms with van der Waals surface area (Å²) in [6, 6.07) is 10.8. The number of benzene rings is 1. The van der Waals surface area contributed by atoms with E-state index in [9.17, 15) is 14.7 Å². The Bertz CT molecular complexity index is 619. The molecule has 0 radical (unpaired) electrons. The molecular weight excluding hydrogens is 268 g/mol. The molecule has 1 amide bonds. The molecule has 21 heavy (non-hydrogen) atoms. The van der Waals surface area contributed by atoms with Crippen LogP contribution in [0, 0.1) is 0 Å². The molecule has 0 saturated heterocycles. The van der Waals surface area contributed by atoms with Crippen LogP contribution in [0.4, 0.5) is 0 Å². The van der Waals surface area contributed by atoms with Gasteiger partial charge in [0.15, 0.2) is 5.78 Å². The van der Waals surface area contributed by atoms with Crippen molar-refractivity contribution in [2.45, 2.75) is 19.4 Å². The summed E-state index contributed by atoms with van der Waals surface area (Å²) < 4.78 is 0. The second-order valence-corrected chi connectivity index (χ2v) is 4.90. The van der Waals surface area contributed by atoms with Gasteiger partial charge in [-0.2, -0.15) is 0 Å². The molecule has 0 fully saturated rings. The van der Waals surface area contributed by atoms with E-state index < -0.39 is 0 Å². The van der Waals surface area contributed by atoms with Crippen LogP contribution in [0.5, 0.6) is 0 Å².